The van der Waals surface area contributed by atoms with Gasteiger partial charge < -0.3 is 10.1 Å². The number of nitrogens with one attached hydrogen (secondary N) is 1. The summed E-state index contributed by atoms with van der Waals surface area (Å²) in [6.45, 7) is 6.36. The van der Waals surface area contributed by atoms with Crippen LogP contribution in [0.4, 0.5) is 5.69 Å². The van der Waals surface area contributed by atoms with Gasteiger partial charge in [-0.15, -0.1) is 10.2 Å². The fourth-order valence-electron chi connectivity index (χ4n) is 1.98. The lowest BCUT2D eigenvalue weighted by atomic mass is 10.1. The molecule has 0 amide bonds. The number of aromatic nitrogens is 2. The van der Waals surface area contributed by atoms with E-state index in [4.69, 9.17) is 10.00 Å². The van der Waals surface area contributed by atoms with Gasteiger partial charge in [-0.25, -0.2) is 0 Å². The predicted octanol–water partition coefficient (Wildman–Crippen LogP) is 2.98. The summed E-state index contributed by atoms with van der Waals surface area (Å²) in [5.41, 5.74) is 1.83. The van der Waals surface area contributed by atoms with Crippen LogP contribution in [0.1, 0.15) is 26.0 Å². The molecule has 0 atom stereocenters. The van der Waals surface area contributed by atoms with Crippen molar-refractivity contribution in [2.45, 2.75) is 20.3 Å². The average Bonchev–Trinajstić information content (AvgIpc) is 2.50. The third-order valence-corrected chi connectivity index (χ3v) is 3.16. The van der Waals surface area contributed by atoms with Crippen LogP contribution in [0.5, 0.6) is 0 Å². The monoisotopic (exact) mass is 284 g/mol. The molecule has 1 N–H and O–H groups in total. The lowest BCUT2D eigenvalue weighted by molar-refractivity contribution is 0.132. The van der Waals surface area contributed by atoms with Crippen molar-refractivity contribution in [3.8, 4) is 6.07 Å². The maximum atomic E-state index is 9.16. The standard InChI is InChI=1S/C16H20N4O/c1-12(2)7-9-21-10-8-18-16-13-5-3-4-6-14(13)19-20-15(16)11-17/h3-6,12H,7-10H2,1-2H3,(H,18,19). The number of rotatable bonds is 7. The highest BCUT2D eigenvalue weighted by atomic mass is 16.5. The number of benzene rings is 1. The van der Waals surface area contributed by atoms with Gasteiger partial charge in [0, 0.05) is 18.5 Å². The largest absolute Gasteiger partial charge is 0.380 e. The average molecular weight is 284 g/mol. The molecule has 0 fully saturated rings. The van der Waals surface area contributed by atoms with Crippen LogP contribution < -0.4 is 5.32 Å². The van der Waals surface area contributed by atoms with E-state index in [1.165, 1.54) is 0 Å². The number of fused-ring (bicyclic) bond motifs is 1. The zero-order chi connectivity index (χ0) is 15.1. The summed E-state index contributed by atoms with van der Waals surface area (Å²) in [6, 6.07) is 9.73. The molecule has 0 spiro atoms. The predicted molar refractivity (Wildman–Crippen MR) is 83.0 cm³/mol. The Labute approximate surface area is 124 Å². The first-order valence-corrected chi connectivity index (χ1v) is 7.19. The molecule has 21 heavy (non-hydrogen) atoms. The van der Waals surface area contributed by atoms with Gasteiger partial charge in [0.25, 0.3) is 0 Å². The van der Waals surface area contributed by atoms with Gasteiger partial charge in [0.05, 0.1) is 17.8 Å². The van der Waals surface area contributed by atoms with E-state index in [9.17, 15) is 0 Å². The zero-order valence-electron chi connectivity index (χ0n) is 12.5. The van der Waals surface area contributed by atoms with Crippen LogP contribution in [0.2, 0.25) is 0 Å². The fraction of sp³-hybridized carbons (Fsp3) is 0.438. The van der Waals surface area contributed by atoms with Crippen LogP contribution in [0, 0.1) is 17.2 Å². The first kappa shape index (κ1) is 15.2. The van der Waals surface area contributed by atoms with E-state index in [2.05, 4.69) is 35.4 Å². The lowest BCUT2D eigenvalue weighted by Gasteiger charge is -2.11. The van der Waals surface area contributed by atoms with Crippen LogP contribution in [-0.2, 0) is 4.74 Å². The van der Waals surface area contributed by atoms with Crippen LogP contribution >= 0.6 is 0 Å². The Kier molecular flexibility index (Phi) is 5.47. The van der Waals surface area contributed by atoms with Crippen molar-refractivity contribution in [1.29, 1.82) is 5.26 Å². The Bertz CT molecular complexity index is 634. The third-order valence-electron chi connectivity index (χ3n) is 3.16. The van der Waals surface area contributed by atoms with Gasteiger partial charge in [0.2, 0.25) is 0 Å². The summed E-state index contributed by atoms with van der Waals surface area (Å²) < 4.78 is 5.57. The molecule has 1 heterocycles. The van der Waals surface area contributed by atoms with Gasteiger partial charge in [0.1, 0.15) is 6.07 Å². The maximum Gasteiger partial charge on any atom is 0.186 e. The summed E-state index contributed by atoms with van der Waals surface area (Å²) in [5.74, 6) is 0.650. The molecule has 0 saturated carbocycles. The minimum atomic E-state index is 0.316. The van der Waals surface area contributed by atoms with Gasteiger partial charge in [0.15, 0.2) is 5.69 Å². The van der Waals surface area contributed by atoms with Crippen LogP contribution in [0.3, 0.4) is 0 Å². The quantitative estimate of drug-likeness (QED) is 0.791. The van der Waals surface area contributed by atoms with E-state index >= 15 is 0 Å². The van der Waals surface area contributed by atoms with Crippen LogP contribution in [-0.4, -0.2) is 30.0 Å². The van der Waals surface area contributed by atoms with Gasteiger partial charge in [-0.3, -0.25) is 0 Å². The van der Waals surface area contributed by atoms with E-state index in [-0.39, 0.29) is 0 Å². The molecule has 5 nitrogen and oxygen atoms in total. The fourth-order valence-corrected chi connectivity index (χ4v) is 1.98. The molecule has 2 rings (SSSR count). The number of nitrogens with zero attached hydrogens (tertiary/aromatic N) is 3. The Morgan fingerprint density at radius 2 is 2.05 bits per heavy atom. The highest BCUT2D eigenvalue weighted by molar-refractivity contribution is 5.92. The van der Waals surface area contributed by atoms with Crippen molar-refractivity contribution in [2.24, 2.45) is 5.92 Å². The molecule has 5 heteroatoms. The number of ether oxygens (including phenoxy) is 1. The van der Waals surface area contributed by atoms with Crippen molar-refractivity contribution in [3.05, 3.63) is 30.0 Å². The highest BCUT2D eigenvalue weighted by Crippen LogP contribution is 2.23. The van der Waals surface area contributed by atoms with E-state index in [1.54, 1.807) is 0 Å². The minimum Gasteiger partial charge on any atom is -0.380 e. The van der Waals surface area contributed by atoms with Crippen molar-refractivity contribution < 1.29 is 4.74 Å². The molecule has 2 aromatic rings. The van der Waals surface area contributed by atoms with E-state index in [1.807, 2.05) is 24.3 Å². The third kappa shape index (κ3) is 4.14. The second kappa shape index (κ2) is 7.55. The van der Waals surface area contributed by atoms with Crippen molar-refractivity contribution in [2.75, 3.05) is 25.1 Å². The smallest absolute Gasteiger partial charge is 0.186 e. The second-order valence-corrected chi connectivity index (χ2v) is 5.27. The van der Waals surface area contributed by atoms with E-state index in [0.717, 1.165) is 29.6 Å². The first-order valence-electron chi connectivity index (χ1n) is 7.19. The molecule has 1 aromatic heterocycles. The van der Waals surface area contributed by atoms with Crippen LogP contribution in [0.25, 0.3) is 10.9 Å². The molecule has 0 saturated heterocycles. The molecule has 110 valence electrons. The van der Waals surface area contributed by atoms with Gasteiger partial charge >= 0.3 is 0 Å². The van der Waals surface area contributed by atoms with Crippen molar-refractivity contribution >= 4 is 16.6 Å². The summed E-state index contributed by atoms with van der Waals surface area (Å²) in [4.78, 5) is 0. The first-order chi connectivity index (χ1) is 10.2. The Hall–Kier alpha value is -2.19. The molecular formula is C16H20N4O. The molecule has 0 bridgehead atoms. The van der Waals surface area contributed by atoms with Crippen molar-refractivity contribution in [1.82, 2.24) is 10.2 Å². The zero-order valence-corrected chi connectivity index (χ0v) is 12.5. The topological polar surface area (TPSA) is 70.8 Å². The minimum absolute atomic E-state index is 0.316. The summed E-state index contributed by atoms with van der Waals surface area (Å²) >= 11 is 0. The number of anilines is 1. The van der Waals surface area contributed by atoms with Gasteiger partial charge in [-0.2, -0.15) is 5.26 Å². The molecule has 0 aliphatic rings. The SMILES string of the molecule is CC(C)CCOCCNc1c(C#N)nnc2ccccc12. The lowest BCUT2D eigenvalue weighted by Crippen LogP contribution is -2.12. The van der Waals surface area contributed by atoms with Crippen molar-refractivity contribution in [3.63, 3.8) is 0 Å². The summed E-state index contributed by atoms with van der Waals surface area (Å²) in [5, 5.41) is 21.3. The maximum absolute atomic E-state index is 9.16. The molecular weight excluding hydrogens is 264 g/mol. The van der Waals surface area contributed by atoms with E-state index < -0.39 is 0 Å². The molecule has 0 radical (unpaired) electrons. The van der Waals surface area contributed by atoms with Gasteiger partial charge in [-0.1, -0.05) is 32.0 Å². The second-order valence-electron chi connectivity index (χ2n) is 5.27. The normalized spacial score (nSPS) is 10.8. The molecule has 0 unspecified atom stereocenters. The Morgan fingerprint density at radius 3 is 2.81 bits per heavy atom. The highest BCUT2D eigenvalue weighted by Gasteiger charge is 2.09. The molecule has 0 aliphatic carbocycles. The number of nitriles is 1. The summed E-state index contributed by atoms with van der Waals surface area (Å²) in [6.07, 6.45) is 1.06. The molecule has 0 aliphatic heterocycles. The Morgan fingerprint density at radius 1 is 1.24 bits per heavy atom. The molecule has 1 aromatic carbocycles. The van der Waals surface area contributed by atoms with Crippen LogP contribution in [0.15, 0.2) is 24.3 Å². The van der Waals surface area contributed by atoms with Gasteiger partial charge in [-0.05, 0) is 18.4 Å². The number of hydrogen-bond donors (Lipinski definition) is 1. The number of hydrogen-bond acceptors (Lipinski definition) is 5. The Balaban J connectivity index is 1.99. The van der Waals surface area contributed by atoms with E-state index in [0.29, 0.717) is 24.8 Å². The summed E-state index contributed by atoms with van der Waals surface area (Å²) in [7, 11) is 0.